The number of carbonyl (C=O) groups excluding carboxylic acids is 1. The zero-order valence-corrected chi connectivity index (χ0v) is 11.0. The minimum atomic E-state index is -0.644. The summed E-state index contributed by atoms with van der Waals surface area (Å²) in [6.45, 7) is 4.22. The minimum absolute atomic E-state index is 0.0379. The van der Waals surface area contributed by atoms with Crippen LogP contribution in [0.15, 0.2) is 24.3 Å². The molecular weight excluding hydrogens is 245 g/mol. The minimum Gasteiger partial charge on any atom is -0.354 e. The number of carbonyl (C=O) groups is 1. The first-order valence-electron chi connectivity index (χ1n) is 6.15. The molecule has 1 N–H and O–H groups in total. The van der Waals surface area contributed by atoms with E-state index in [-0.39, 0.29) is 18.1 Å². The summed E-state index contributed by atoms with van der Waals surface area (Å²) in [5.74, 6) is -0.614. The lowest BCUT2D eigenvalue weighted by Crippen LogP contribution is -2.65. The van der Waals surface area contributed by atoms with E-state index in [0.717, 1.165) is 0 Å². The van der Waals surface area contributed by atoms with Gasteiger partial charge in [-0.3, -0.25) is 4.79 Å². The van der Waals surface area contributed by atoms with E-state index in [1.54, 1.807) is 23.1 Å². The highest BCUT2D eigenvalue weighted by Gasteiger charge is 2.39. The molecule has 0 aliphatic carbocycles. The number of nitriles is 1. The molecule has 1 aliphatic heterocycles. The van der Waals surface area contributed by atoms with Crippen LogP contribution in [0.4, 0.5) is 10.1 Å². The van der Waals surface area contributed by atoms with E-state index >= 15 is 0 Å². The van der Waals surface area contributed by atoms with Crippen molar-refractivity contribution in [1.29, 1.82) is 5.26 Å². The van der Waals surface area contributed by atoms with Crippen molar-refractivity contribution >= 4 is 11.6 Å². The molecule has 0 bridgehead atoms. The lowest BCUT2D eigenvalue weighted by Gasteiger charge is -2.44. The van der Waals surface area contributed by atoms with Crippen LogP contribution >= 0.6 is 0 Å². The third-order valence-corrected chi connectivity index (χ3v) is 3.15. The summed E-state index contributed by atoms with van der Waals surface area (Å²) >= 11 is 0. The van der Waals surface area contributed by atoms with Gasteiger partial charge in [-0.1, -0.05) is 12.1 Å². The molecule has 1 unspecified atom stereocenters. The maximum atomic E-state index is 13.9. The average molecular weight is 261 g/mol. The smallest absolute Gasteiger partial charge is 0.244 e. The van der Waals surface area contributed by atoms with Crippen LogP contribution in [0.5, 0.6) is 0 Å². The molecular formula is C14H16FN3O. The largest absolute Gasteiger partial charge is 0.354 e. The van der Waals surface area contributed by atoms with Crippen LogP contribution in [0.3, 0.4) is 0 Å². The van der Waals surface area contributed by atoms with Crippen LogP contribution in [0.25, 0.3) is 0 Å². The number of amides is 1. The number of hydrogen-bond donors (Lipinski definition) is 1. The van der Waals surface area contributed by atoms with Crippen LogP contribution in [-0.4, -0.2) is 24.0 Å². The normalized spacial score (nSPS) is 21.7. The molecule has 1 amide bonds. The number of rotatable bonds is 2. The lowest BCUT2D eigenvalue weighted by atomic mass is 9.96. The Morgan fingerprint density at radius 2 is 2.21 bits per heavy atom. The average Bonchev–Trinajstić information content (AvgIpc) is 2.32. The first-order chi connectivity index (χ1) is 8.94. The molecule has 19 heavy (non-hydrogen) atoms. The predicted octanol–water partition coefficient (Wildman–Crippen LogP) is 1.82. The van der Waals surface area contributed by atoms with Crippen LogP contribution in [0.1, 0.15) is 20.3 Å². The van der Waals surface area contributed by atoms with Crippen molar-refractivity contribution in [2.24, 2.45) is 0 Å². The van der Waals surface area contributed by atoms with Gasteiger partial charge in [0.1, 0.15) is 11.9 Å². The highest BCUT2D eigenvalue weighted by Crippen LogP contribution is 2.27. The topological polar surface area (TPSA) is 56.1 Å². The van der Waals surface area contributed by atoms with E-state index in [9.17, 15) is 9.18 Å². The molecule has 0 aromatic heterocycles. The van der Waals surface area contributed by atoms with Gasteiger partial charge in [0.25, 0.3) is 0 Å². The first-order valence-corrected chi connectivity index (χ1v) is 6.15. The molecule has 1 fully saturated rings. The van der Waals surface area contributed by atoms with E-state index in [1.807, 2.05) is 19.9 Å². The summed E-state index contributed by atoms with van der Waals surface area (Å²) in [6, 6.07) is 7.67. The summed E-state index contributed by atoms with van der Waals surface area (Å²) in [7, 11) is 0. The van der Waals surface area contributed by atoms with Crippen molar-refractivity contribution in [3.05, 3.63) is 30.1 Å². The molecule has 1 aromatic rings. The van der Waals surface area contributed by atoms with Gasteiger partial charge in [0.15, 0.2) is 0 Å². The lowest BCUT2D eigenvalue weighted by molar-refractivity contribution is -0.125. The molecule has 100 valence electrons. The molecule has 1 aromatic carbocycles. The van der Waals surface area contributed by atoms with Gasteiger partial charge in [-0.05, 0) is 26.0 Å². The summed E-state index contributed by atoms with van der Waals surface area (Å²) in [6.07, 6.45) is 0.0379. The highest BCUT2D eigenvalue weighted by atomic mass is 19.1. The van der Waals surface area contributed by atoms with Crippen molar-refractivity contribution in [3.8, 4) is 6.07 Å². The van der Waals surface area contributed by atoms with Crippen molar-refractivity contribution in [2.45, 2.75) is 31.8 Å². The number of piperazine rings is 1. The van der Waals surface area contributed by atoms with Gasteiger partial charge in [0, 0.05) is 6.54 Å². The third-order valence-electron chi connectivity index (χ3n) is 3.15. The second-order valence-electron chi connectivity index (χ2n) is 5.33. The first kappa shape index (κ1) is 13.3. The van der Waals surface area contributed by atoms with Crippen LogP contribution in [-0.2, 0) is 4.79 Å². The van der Waals surface area contributed by atoms with Gasteiger partial charge in [0.05, 0.1) is 23.7 Å². The number of para-hydroxylation sites is 1. The van der Waals surface area contributed by atoms with E-state index in [4.69, 9.17) is 5.26 Å². The molecule has 1 saturated heterocycles. The molecule has 1 aliphatic rings. The van der Waals surface area contributed by atoms with Crippen molar-refractivity contribution < 1.29 is 9.18 Å². The molecule has 0 radical (unpaired) electrons. The number of nitrogens with zero attached hydrogens (tertiary/aromatic N) is 2. The Bertz CT molecular complexity index is 536. The van der Waals surface area contributed by atoms with Crippen molar-refractivity contribution in [3.63, 3.8) is 0 Å². The fraction of sp³-hybridized carbons (Fsp3) is 0.429. The Morgan fingerprint density at radius 1 is 1.53 bits per heavy atom. The molecule has 2 rings (SSSR count). The fourth-order valence-corrected chi connectivity index (χ4v) is 2.36. The maximum absolute atomic E-state index is 13.9. The van der Waals surface area contributed by atoms with Gasteiger partial charge < -0.3 is 10.2 Å². The van der Waals surface area contributed by atoms with Gasteiger partial charge in [-0.25, -0.2) is 4.39 Å². The zero-order valence-electron chi connectivity index (χ0n) is 11.0. The Hall–Kier alpha value is -2.09. The highest BCUT2D eigenvalue weighted by molar-refractivity contribution is 5.87. The second kappa shape index (κ2) is 4.88. The molecule has 1 atom stereocenters. The number of anilines is 1. The predicted molar refractivity (Wildman–Crippen MR) is 70.0 cm³/mol. The fourth-order valence-electron chi connectivity index (χ4n) is 2.36. The summed E-state index contributed by atoms with van der Waals surface area (Å²) in [4.78, 5) is 13.7. The van der Waals surface area contributed by atoms with E-state index < -0.39 is 11.6 Å². The second-order valence-corrected chi connectivity index (χ2v) is 5.33. The number of nitrogens with one attached hydrogen (secondary N) is 1. The zero-order chi connectivity index (χ0) is 14.0. The third kappa shape index (κ3) is 2.68. The number of halogens is 1. The molecule has 5 heteroatoms. The standard InChI is InChI=1S/C14H16FN3O/c1-14(2)9-18(11-6-4-3-5-10(11)15)12(7-8-16)13(19)17-14/h3-6,12H,7,9H2,1-2H3,(H,17,19). The van der Waals surface area contributed by atoms with Gasteiger partial charge in [0.2, 0.25) is 5.91 Å². The summed E-state index contributed by atoms with van der Waals surface area (Å²) in [5, 5.41) is 11.7. The maximum Gasteiger partial charge on any atom is 0.244 e. The van der Waals surface area contributed by atoms with Crippen molar-refractivity contribution in [2.75, 3.05) is 11.4 Å². The summed E-state index contributed by atoms with van der Waals surface area (Å²) in [5.41, 5.74) is -0.0867. The Labute approximate surface area is 111 Å². The van der Waals surface area contributed by atoms with Gasteiger partial charge >= 0.3 is 0 Å². The molecule has 0 spiro atoms. The van der Waals surface area contributed by atoms with Crippen molar-refractivity contribution in [1.82, 2.24) is 5.32 Å². The quantitative estimate of drug-likeness (QED) is 0.883. The van der Waals surface area contributed by atoms with Gasteiger partial charge in [-0.15, -0.1) is 0 Å². The number of benzene rings is 1. The van der Waals surface area contributed by atoms with Crippen LogP contribution < -0.4 is 10.2 Å². The monoisotopic (exact) mass is 261 g/mol. The van der Waals surface area contributed by atoms with E-state index in [0.29, 0.717) is 12.2 Å². The molecule has 1 heterocycles. The Morgan fingerprint density at radius 3 is 2.84 bits per heavy atom. The van der Waals surface area contributed by atoms with E-state index in [1.165, 1.54) is 6.07 Å². The molecule has 4 nitrogen and oxygen atoms in total. The molecule has 0 saturated carbocycles. The van der Waals surface area contributed by atoms with Gasteiger partial charge in [-0.2, -0.15) is 5.26 Å². The SMILES string of the molecule is CC1(C)CN(c2ccccc2F)C(CC#N)C(=O)N1. The van der Waals surface area contributed by atoms with Crippen LogP contribution in [0.2, 0.25) is 0 Å². The Kier molecular flexibility index (Phi) is 3.43. The number of hydrogen-bond acceptors (Lipinski definition) is 3. The Balaban J connectivity index is 2.41. The summed E-state index contributed by atoms with van der Waals surface area (Å²) < 4.78 is 13.9. The van der Waals surface area contributed by atoms with E-state index in [2.05, 4.69) is 5.32 Å². The van der Waals surface area contributed by atoms with Crippen LogP contribution in [0, 0.1) is 17.1 Å².